The molecule has 0 heterocycles. The minimum atomic E-state index is -2.54. The molecule has 0 saturated heterocycles. The summed E-state index contributed by atoms with van der Waals surface area (Å²) < 4.78 is 17.4. The summed E-state index contributed by atoms with van der Waals surface area (Å²) in [6.45, 7) is 5.56. The van der Waals surface area contributed by atoms with Gasteiger partial charge in [0.15, 0.2) is 0 Å². The molecular formula is C15H24NO3P. The highest BCUT2D eigenvalue weighted by molar-refractivity contribution is 7.57. The third-order valence-corrected chi connectivity index (χ3v) is 4.92. The van der Waals surface area contributed by atoms with Crippen molar-refractivity contribution in [2.45, 2.75) is 32.5 Å². The lowest BCUT2D eigenvalue weighted by atomic mass is 10.0. The second-order valence-electron chi connectivity index (χ2n) is 5.06. The topological polar surface area (TPSA) is 55.4 Å². The highest BCUT2D eigenvalue weighted by Crippen LogP contribution is 2.45. The monoisotopic (exact) mass is 297 g/mol. The first-order chi connectivity index (χ1) is 9.38. The van der Waals surface area contributed by atoms with Gasteiger partial charge >= 0.3 is 0 Å². The van der Waals surface area contributed by atoms with E-state index in [0.29, 0.717) is 19.2 Å². The Balaban J connectivity index is 2.69. The van der Waals surface area contributed by atoms with Gasteiger partial charge in [0.25, 0.3) is 0 Å². The van der Waals surface area contributed by atoms with Crippen LogP contribution in [0, 0.1) is 0 Å². The number of Topliss-reactive ketones (excluding diaryl/α,β-unsaturated/α-hetero) is 1. The molecule has 5 heteroatoms. The molecule has 1 unspecified atom stereocenters. The predicted molar refractivity (Wildman–Crippen MR) is 82.5 cm³/mol. The highest BCUT2D eigenvalue weighted by atomic mass is 31.2. The third kappa shape index (κ3) is 5.58. The summed E-state index contributed by atoms with van der Waals surface area (Å²) in [5.74, 6) is 0.131. The van der Waals surface area contributed by atoms with E-state index in [-0.39, 0.29) is 11.8 Å². The van der Waals surface area contributed by atoms with Crippen LogP contribution in [0.4, 0.5) is 0 Å². The molecule has 1 aromatic carbocycles. The first-order valence-electron chi connectivity index (χ1n) is 6.84. The normalized spacial score (nSPS) is 15.6. The number of ketones is 1. The van der Waals surface area contributed by atoms with Crippen LogP contribution in [0.15, 0.2) is 24.3 Å². The van der Waals surface area contributed by atoms with Crippen molar-refractivity contribution in [1.82, 2.24) is 5.32 Å². The van der Waals surface area contributed by atoms with Gasteiger partial charge in [-0.15, -0.1) is 0 Å². The molecule has 4 nitrogen and oxygen atoms in total. The van der Waals surface area contributed by atoms with Crippen molar-refractivity contribution in [1.29, 1.82) is 0 Å². The summed E-state index contributed by atoms with van der Waals surface area (Å²) in [5.41, 5.74) is 2.09. The summed E-state index contributed by atoms with van der Waals surface area (Å²) in [7, 11) is -0.757. The maximum atomic E-state index is 12.1. The van der Waals surface area contributed by atoms with Gasteiger partial charge in [-0.1, -0.05) is 24.3 Å². The quantitative estimate of drug-likeness (QED) is 0.750. The summed E-state index contributed by atoms with van der Waals surface area (Å²) in [4.78, 5) is 11.4. The lowest BCUT2D eigenvalue weighted by molar-refractivity contribution is -0.118. The van der Waals surface area contributed by atoms with Crippen molar-refractivity contribution in [3.8, 4) is 0 Å². The molecule has 112 valence electrons. The van der Waals surface area contributed by atoms with E-state index in [1.165, 1.54) is 0 Å². The van der Waals surface area contributed by atoms with Crippen LogP contribution in [-0.2, 0) is 26.5 Å². The molecular weight excluding hydrogens is 273 g/mol. The average Bonchev–Trinajstić information content (AvgIpc) is 2.36. The van der Waals surface area contributed by atoms with E-state index in [0.717, 1.165) is 11.1 Å². The van der Waals surface area contributed by atoms with Gasteiger partial charge in [-0.05, 0) is 38.4 Å². The number of hydrogen-bond donors (Lipinski definition) is 1. The van der Waals surface area contributed by atoms with Gasteiger partial charge in [-0.3, -0.25) is 9.36 Å². The predicted octanol–water partition coefficient (Wildman–Crippen LogP) is 2.85. The van der Waals surface area contributed by atoms with Gasteiger partial charge in [0.05, 0.1) is 12.6 Å². The number of rotatable bonds is 8. The summed E-state index contributed by atoms with van der Waals surface area (Å²) >= 11 is 0. The zero-order valence-corrected chi connectivity index (χ0v) is 13.6. The number of carbonyl (C=O) groups is 1. The third-order valence-electron chi connectivity index (χ3n) is 3.17. The summed E-state index contributed by atoms with van der Waals surface area (Å²) in [6, 6.07) is 7.72. The SMILES string of the molecule is CCOP(C)(=O)Cc1ccc(C[C@H](NC)C(C)=O)cc1. The molecule has 1 aromatic rings. The molecule has 0 aliphatic rings. The van der Waals surface area contributed by atoms with Crippen molar-refractivity contribution in [2.24, 2.45) is 0 Å². The molecule has 1 N–H and O–H groups in total. The van der Waals surface area contributed by atoms with E-state index in [4.69, 9.17) is 4.52 Å². The Morgan fingerprint density at radius 2 is 1.85 bits per heavy atom. The molecule has 0 aliphatic heterocycles. The van der Waals surface area contributed by atoms with Gasteiger partial charge < -0.3 is 9.84 Å². The number of nitrogens with one attached hydrogen (secondary N) is 1. The standard InChI is InChI=1S/C15H24NO3P/c1-5-19-20(4,18)11-14-8-6-13(7-9-14)10-15(16-3)12(2)17/h6-9,15-16H,5,10-11H2,1-4H3/t15-,20?/m0/s1. The Hall–Kier alpha value is -0.960. The average molecular weight is 297 g/mol. The molecule has 0 aliphatic carbocycles. The van der Waals surface area contributed by atoms with Crippen LogP contribution < -0.4 is 5.32 Å². The Kier molecular flexibility index (Phi) is 6.60. The second-order valence-corrected chi connectivity index (χ2v) is 7.67. The van der Waals surface area contributed by atoms with Crippen molar-refractivity contribution in [3.05, 3.63) is 35.4 Å². The molecule has 0 aromatic heterocycles. The molecule has 0 fully saturated rings. The van der Waals surface area contributed by atoms with Crippen LogP contribution in [0.2, 0.25) is 0 Å². The van der Waals surface area contributed by atoms with Gasteiger partial charge in [-0.25, -0.2) is 0 Å². The fourth-order valence-electron chi connectivity index (χ4n) is 2.12. The van der Waals surface area contributed by atoms with Crippen LogP contribution in [-0.4, -0.2) is 32.1 Å². The molecule has 2 atom stereocenters. The van der Waals surface area contributed by atoms with Crippen molar-refractivity contribution >= 4 is 13.2 Å². The smallest absolute Gasteiger partial charge is 0.204 e. The first-order valence-corrected chi connectivity index (χ1v) is 9.10. The first kappa shape index (κ1) is 17.1. The lowest BCUT2D eigenvalue weighted by Gasteiger charge is -2.14. The highest BCUT2D eigenvalue weighted by Gasteiger charge is 2.16. The number of benzene rings is 1. The van der Waals surface area contributed by atoms with Gasteiger partial charge in [-0.2, -0.15) is 0 Å². The molecule has 0 amide bonds. The second kappa shape index (κ2) is 7.72. The van der Waals surface area contributed by atoms with Crippen LogP contribution in [0.3, 0.4) is 0 Å². The number of likely N-dealkylation sites (N-methyl/N-ethyl adjacent to an activating group) is 1. The van der Waals surface area contributed by atoms with Crippen LogP contribution in [0.5, 0.6) is 0 Å². The van der Waals surface area contributed by atoms with E-state index in [9.17, 15) is 9.36 Å². The van der Waals surface area contributed by atoms with E-state index in [2.05, 4.69) is 5.32 Å². The van der Waals surface area contributed by atoms with Crippen molar-refractivity contribution in [3.63, 3.8) is 0 Å². The van der Waals surface area contributed by atoms with Crippen molar-refractivity contribution < 1.29 is 13.9 Å². The molecule has 20 heavy (non-hydrogen) atoms. The van der Waals surface area contributed by atoms with Gasteiger partial charge in [0, 0.05) is 12.8 Å². The maximum absolute atomic E-state index is 12.1. The molecule has 0 radical (unpaired) electrons. The Morgan fingerprint density at radius 1 is 1.30 bits per heavy atom. The molecule has 1 rings (SSSR count). The zero-order chi connectivity index (χ0) is 15.2. The van der Waals surface area contributed by atoms with E-state index in [1.807, 2.05) is 31.2 Å². The minimum absolute atomic E-state index is 0.131. The largest absolute Gasteiger partial charge is 0.329 e. The van der Waals surface area contributed by atoms with Crippen LogP contribution in [0.25, 0.3) is 0 Å². The number of carbonyl (C=O) groups excluding carboxylic acids is 1. The fraction of sp³-hybridized carbons (Fsp3) is 0.533. The van der Waals surface area contributed by atoms with E-state index in [1.54, 1.807) is 20.6 Å². The van der Waals surface area contributed by atoms with E-state index < -0.39 is 7.37 Å². The van der Waals surface area contributed by atoms with Crippen LogP contribution in [0.1, 0.15) is 25.0 Å². The summed E-state index contributed by atoms with van der Waals surface area (Å²) in [6.07, 6.45) is 1.12. The molecule has 0 saturated carbocycles. The maximum Gasteiger partial charge on any atom is 0.204 e. The molecule has 0 spiro atoms. The lowest BCUT2D eigenvalue weighted by Crippen LogP contribution is -2.34. The summed E-state index contributed by atoms with van der Waals surface area (Å²) in [5, 5.41) is 3.01. The van der Waals surface area contributed by atoms with Gasteiger partial charge in [0.2, 0.25) is 7.37 Å². The molecule has 0 bridgehead atoms. The Bertz CT molecular complexity index is 484. The zero-order valence-electron chi connectivity index (χ0n) is 12.7. The Morgan fingerprint density at radius 3 is 2.30 bits per heavy atom. The Labute approximate surface area is 121 Å². The van der Waals surface area contributed by atoms with Crippen LogP contribution >= 0.6 is 7.37 Å². The van der Waals surface area contributed by atoms with Gasteiger partial charge in [0.1, 0.15) is 5.78 Å². The van der Waals surface area contributed by atoms with Crippen molar-refractivity contribution in [2.75, 3.05) is 20.3 Å². The minimum Gasteiger partial charge on any atom is -0.329 e. The fourth-order valence-corrected chi connectivity index (χ4v) is 3.63. The van der Waals surface area contributed by atoms with E-state index >= 15 is 0 Å². The number of hydrogen-bond acceptors (Lipinski definition) is 4.